The zero-order valence-corrected chi connectivity index (χ0v) is 11.8. The van der Waals surface area contributed by atoms with E-state index in [1.165, 1.54) is 11.9 Å². The minimum absolute atomic E-state index is 0.279. The molecule has 7 heteroatoms. The number of ether oxygens (including phenoxy) is 1. The largest absolute Gasteiger partial charge is 0.462 e. The summed E-state index contributed by atoms with van der Waals surface area (Å²) in [7, 11) is 3.08. The first-order valence-electron chi connectivity index (χ1n) is 6.25. The van der Waals surface area contributed by atoms with Gasteiger partial charge in [0.2, 0.25) is 0 Å². The summed E-state index contributed by atoms with van der Waals surface area (Å²) < 4.78 is 6.61. The molecule has 0 aliphatic carbocycles. The molecule has 1 aromatic heterocycles. The maximum absolute atomic E-state index is 11.9. The molecule has 0 saturated heterocycles. The molecule has 0 fully saturated rings. The lowest BCUT2D eigenvalue weighted by Crippen LogP contribution is -2.36. The highest BCUT2D eigenvalue weighted by atomic mass is 16.5. The Kier molecular flexibility index (Phi) is 5.35. The van der Waals surface area contributed by atoms with Gasteiger partial charge in [0.1, 0.15) is 5.56 Å². The quantitative estimate of drug-likeness (QED) is 0.815. The summed E-state index contributed by atoms with van der Waals surface area (Å²) in [5.74, 6) is -0.179. The molecule has 19 heavy (non-hydrogen) atoms. The Morgan fingerprint density at radius 3 is 2.68 bits per heavy atom. The molecule has 0 unspecified atom stereocenters. The topological polar surface area (TPSA) is 76.5 Å². The molecular formula is C12H20N4O3. The summed E-state index contributed by atoms with van der Waals surface area (Å²) >= 11 is 0. The number of anilines is 1. The molecule has 106 valence electrons. The van der Waals surface area contributed by atoms with Crippen molar-refractivity contribution in [2.24, 2.45) is 0 Å². The first-order valence-corrected chi connectivity index (χ1v) is 6.25. The standard InChI is InChI=1S/C12H20N4O3/c1-5-7-16-8-9(11(17)19-6-2)10(14-16)15(4)12(18)13-3/h8H,5-7H2,1-4H3,(H,13,18). The molecular weight excluding hydrogens is 248 g/mol. The van der Waals surface area contributed by atoms with Crippen molar-refractivity contribution < 1.29 is 14.3 Å². The van der Waals surface area contributed by atoms with Crippen LogP contribution in [0.25, 0.3) is 0 Å². The predicted octanol–water partition coefficient (Wildman–Crippen LogP) is 1.25. The van der Waals surface area contributed by atoms with Gasteiger partial charge >= 0.3 is 12.0 Å². The number of carbonyl (C=O) groups excluding carboxylic acids is 2. The number of carbonyl (C=O) groups is 2. The van der Waals surface area contributed by atoms with E-state index < -0.39 is 5.97 Å². The van der Waals surface area contributed by atoms with Crippen molar-refractivity contribution in [1.82, 2.24) is 15.1 Å². The molecule has 2 amide bonds. The Morgan fingerprint density at radius 1 is 1.47 bits per heavy atom. The molecule has 0 aliphatic heterocycles. The Balaban J connectivity index is 3.12. The maximum atomic E-state index is 11.9. The normalized spacial score (nSPS) is 10.1. The van der Waals surface area contributed by atoms with Gasteiger partial charge in [0, 0.05) is 26.8 Å². The molecule has 1 heterocycles. The van der Waals surface area contributed by atoms with Crippen LogP contribution in [0, 0.1) is 0 Å². The van der Waals surface area contributed by atoms with Gasteiger partial charge in [-0.25, -0.2) is 9.59 Å². The van der Waals surface area contributed by atoms with Crippen LogP contribution in [0.15, 0.2) is 6.20 Å². The lowest BCUT2D eigenvalue weighted by Gasteiger charge is -2.14. The number of hydrogen-bond donors (Lipinski definition) is 1. The van der Waals surface area contributed by atoms with E-state index in [1.807, 2.05) is 6.92 Å². The highest BCUT2D eigenvalue weighted by Crippen LogP contribution is 2.18. The van der Waals surface area contributed by atoms with E-state index in [1.54, 1.807) is 24.9 Å². The average molecular weight is 268 g/mol. The number of nitrogens with zero attached hydrogens (tertiary/aromatic N) is 3. The van der Waals surface area contributed by atoms with E-state index in [0.29, 0.717) is 17.9 Å². The molecule has 0 aliphatic rings. The van der Waals surface area contributed by atoms with Gasteiger partial charge < -0.3 is 10.1 Å². The number of aromatic nitrogens is 2. The second-order valence-electron chi connectivity index (χ2n) is 3.96. The number of amides is 2. The van der Waals surface area contributed by atoms with Crippen LogP contribution in [-0.4, -0.2) is 42.5 Å². The van der Waals surface area contributed by atoms with E-state index in [0.717, 1.165) is 6.42 Å². The van der Waals surface area contributed by atoms with Crippen molar-refractivity contribution in [2.75, 3.05) is 25.6 Å². The summed E-state index contributed by atoms with van der Waals surface area (Å²) in [5.41, 5.74) is 0.293. The van der Waals surface area contributed by atoms with Gasteiger partial charge in [0.15, 0.2) is 5.82 Å². The fourth-order valence-corrected chi connectivity index (χ4v) is 1.62. The Morgan fingerprint density at radius 2 is 2.16 bits per heavy atom. The molecule has 0 spiro atoms. The number of aryl methyl sites for hydroxylation is 1. The van der Waals surface area contributed by atoms with Gasteiger partial charge in [-0.2, -0.15) is 5.10 Å². The van der Waals surface area contributed by atoms with Crippen LogP contribution >= 0.6 is 0 Å². The molecule has 0 radical (unpaired) electrons. The zero-order chi connectivity index (χ0) is 14.4. The third kappa shape index (κ3) is 3.46. The van der Waals surface area contributed by atoms with E-state index in [9.17, 15) is 9.59 Å². The van der Waals surface area contributed by atoms with Crippen LogP contribution in [-0.2, 0) is 11.3 Å². The average Bonchev–Trinajstić information content (AvgIpc) is 2.81. The third-order valence-corrected chi connectivity index (χ3v) is 2.53. The molecule has 1 aromatic rings. The summed E-state index contributed by atoms with van der Waals surface area (Å²) in [6, 6.07) is -0.340. The summed E-state index contributed by atoms with van der Waals surface area (Å²) in [6.07, 6.45) is 2.49. The van der Waals surface area contributed by atoms with Crippen LogP contribution in [0.4, 0.5) is 10.6 Å². The van der Waals surface area contributed by atoms with Crippen molar-refractivity contribution in [3.8, 4) is 0 Å². The Bertz CT molecular complexity index is 456. The highest BCUT2D eigenvalue weighted by molar-refractivity contribution is 6.00. The monoisotopic (exact) mass is 268 g/mol. The molecule has 1 rings (SSSR count). The van der Waals surface area contributed by atoms with Gasteiger partial charge in [-0.3, -0.25) is 9.58 Å². The van der Waals surface area contributed by atoms with Crippen LogP contribution in [0.3, 0.4) is 0 Å². The molecule has 0 bridgehead atoms. The maximum Gasteiger partial charge on any atom is 0.343 e. The minimum Gasteiger partial charge on any atom is -0.462 e. The lowest BCUT2D eigenvalue weighted by atomic mass is 10.3. The van der Waals surface area contributed by atoms with Crippen molar-refractivity contribution in [2.45, 2.75) is 26.8 Å². The molecule has 1 N–H and O–H groups in total. The van der Waals surface area contributed by atoms with Gasteiger partial charge in [0.05, 0.1) is 6.61 Å². The Hall–Kier alpha value is -2.05. The van der Waals surface area contributed by atoms with E-state index in [2.05, 4.69) is 10.4 Å². The van der Waals surface area contributed by atoms with Gasteiger partial charge in [-0.15, -0.1) is 0 Å². The second-order valence-corrected chi connectivity index (χ2v) is 3.96. The first kappa shape index (κ1) is 15.0. The van der Waals surface area contributed by atoms with Gasteiger partial charge in [0.25, 0.3) is 0 Å². The number of esters is 1. The molecule has 0 saturated carbocycles. The van der Waals surface area contributed by atoms with Crippen molar-refractivity contribution in [3.63, 3.8) is 0 Å². The van der Waals surface area contributed by atoms with E-state index in [4.69, 9.17) is 4.74 Å². The minimum atomic E-state index is -0.476. The summed E-state index contributed by atoms with van der Waals surface area (Å²) in [5, 5.41) is 6.74. The summed E-state index contributed by atoms with van der Waals surface area (Å²) in [6.45, 7) is 4.69. The van der Waals surface area contributed by atoms with Crippen molar-refractivity contribution >= 4 is 17.8 Å². The number of hydrogen-bond acceptors (Lipinski definition) is 4. The third-order valence-electron chi connectivity index (χ3n) is 2.53. The smallest absolute Gasteiger partial charge is 0.343 e. The fourth-order valence-electron chi connectivity index (χ4n) is 1.62. The molecule has 0 aromatic carbocycles. The Labute approximate surface area is 112 Å². The van der Waals surface area contributed by atoms with E-state index in [-0.39, 0.29) is 12.6 Å². The number of rotatable bonds is 5. The highest BCUT2D eigenvalue weighted by Gasteiger charge is 2.23. The van der Waals surface area contributed by atoms with Gasteiger partial charge in [-0.1, -0.05) is 6.92 Å². The van der Waals surface area contributed by atoms with Crippen molar-refractivity contribution in [1.29, 1.82) is 0 Å². The number of nitrogens with one attached hydrogen (secondary N) is 1. The predicted molar refractivity (Wildman–Crippen MR) is 71.3 cm³/mol. The fraction of sp³-hybridized carbons (Fsp3) is 0.583. The zero-order valence-electron chi connectivity index (χ0n) is 11.8. The molecule has 7 nitrogen and oxygen atoms in total. The van der Waals surface area contributed by atoms with Crippen LogP contribution in [0.5, 0.6) is 0 Å². The lowest BCUT2D eigenvalue weighted by molar-refractivity contribution is 0.0527. The van der Waals surface area contributed by atoms with Gasteiger partial charge in [-0.05, 0) is 13.3 Å². The summed E-state index contributed by atoms with van der Waals surface area (Å²) in [4.78, 5) is 24.8. The number of urea groups is 1. The van der Waals surface area contributed by atoms with Crippen molar-refractivity contribution in [3.05, 3.63) is 11.8 Å². The van der Waals surface area contributed by atoms with Crippen LogP contribution < -0.4 is 10.2 Å². The van der Waals surface area contributed by atoms with Crippen LogP contribution in [0.2, 0.25) is 0 Å². The SMILES string of the molecule is CCCn1cc(C(=O)OCC)c(N(C)C(=O)NC)n1. The first-order chi connectivity index (χ1) is 9.04. The molecule has 0 atom stereocenters. The second kappa shape index (κ2) is 6.77. The van der Waals surface area contributed by atoms with E-state index >= 15 is 0 Å². The van der Waals surface area contributed by atoms with Crippen LogP contribution in [0.1, 0.15) is 30.6 Å².